The zero-order valence-electron chi connectivity index (χ0n) is 7.48. The highest BCUT2D eigenvalue weighted by atomic mass is 35.5. The monoisotopic (exact) mass is 200 g/mol. The average Bonchev–Trinajstić information content (AvgIpc) is 2.15. The molecular weight excluding hydrogens is 188 g/mol. The summed E-state index contributed by atoms with van der Waals surface area (Å²) in [7, 11) is 0. The first-order chi connectivity index (χ1) is 6.20. The molecule has 2 nitrogen and oxygen atoms in total. The Hall–Kier alpha value is -0.570. The van der Waals surface area contributed by atoms with Gasteiger partial charge in [-0.25, -0.2) is 0 Å². The molecule has 0 spiro atoms. The van der Waals surface area contributed by atoms with Crippen molar-refractivity contribution in [2.45, 2.75) is 25.2 Å². The molecule has 0 saturated heterocycles. The smallest absolute Gasteiger partial charge is 0.157 e. The van der Waals surface area contributed by atoms with Crippen LogP contribution in [0, 0.1) is 0 Å². The Bertz CT molecular complexity index is 236. The summed E-state index contributed by atoms with van der Waals surface area (Å²) in [6, 6.07) is 9.71. The van der Waals surface area contributed by atoms with Crippen molar-refractivity contribution in [1.29, 1.82) is 0 Å². The van der Waals surface area contributed by atoms with Crippen LogP contribution in [0.1, 0.15) is 12.5 Å². The van der Waals surface area contributed by atoms with Crippen LogP contribution in [0.4, 0.5) is 0 Å². The molecule has 2 unspecified atom stereocenters. The van der Waals surface area contributed by atoms with Crippen molar-refractivity contribution in [3.05, 3.63) is 35.9 Å². The molecule has 0 radical (unpaired) electrons. The summed E-state index contributed by atoms with van der Waals surface area (Å²) in [4.78, 5) is 0. The third-order valence-electron chi connectivity index (χ3n) is 1.63. The number of hydrogen-bond donors (Lipinski definition) is 1. The van der Waals surface area contributed by atoms with Crippen LogP contribution in [0.3, 0.4) is 0 Å². The summed E-state index contributed by atoms with van der Waals surface area (Å²) >= 11 is 5.69. The molecule has 0 heterocycles. The van der Waals surface area contributed by atoms with Gasteiger partial charge in [0.15, 0.2) is 5.56 Å². The number of rotatable bonds is 4. The minimum absolute atomic E-state index is 0.430. The van der Waals surface area contributed by atoms with E-state index in [0.717, 1.165) is 5.56 Å². The van der Waals surface area contributed by atoms with Crippen molar-refractivity contribution < 1.29 is 9.84 Å². The Morgan fingerprint density at radius 1 is 1.38 bits per heavy atom. The summed E-state index contributed by atoms with van der Waals surface area (Å²) in [5, 5.41) is 9.04. The lowest BCUT2D eigenvalue weighted by atomic mass is 10.2. The van der Waals surface area contributed by atoms with Gasteiger partial charge in [-0.1, -0.05) is 41.9 Å². The van der Waals surface area contributed by atoms with Crippen LogP contribution in [0.25, 0.3) is 0 Å². The van der Waals surface area contributed by atoms with Gasteiger partial charge in [-0.2, -0.15) is 0 Å². The molecule has 0 fully saturated rings. The Kier molecular flexibility index (Phi) is 4.22. The minimum atomic E-state index is -0.648. The maximum atomic E-state index is 9.04. The van der Waals surface area contributed by atoms with Crippen molar-refractivity contribution >= 4 is 11.6 Å². The fourth-order valence-electron chi connectivity index (χ4n) is 0.889. The zero-order chi connectivity index (χ0) is 9.68. The Morgan fingerprint density at radius 3 is 2.54 bits per heavy atom. The van der Waals surface area contributed by atoms with E-state index in [2.05, 4.69) is 0 Å². The number of halogens is 1. The Labute approximate surface area is 83.1 Å². The largest absolute Gasteiger partial charge is 0.389 e. The van der Waals surface area contributed by atoms with Gasteiger partial charge < -0.3 is 9.84 Å². The third-order valence-corrected chi connectivity index (χ3v) is 2.12. The molecule has 0 aliphatic rings. The number of aliphatic hydroxyl groups is 1. The van der Waals surface area contributed by atoms with Crippen LogP contribution in [0.5, 0.6) is 0 Å². The lowest BCUT2D eigenvalue weighted by Gasteiger charge is -2.13. The molecule has 1 rings (SSSR count). The topological polar surface area (TPSA) is 29.5 Å². The second-order valence-electron chi connectivity index (χ2n) is 2.89. The van der Waals surface area contributed by atoms with Gasteiger partial charge in [0.05, 0.1) is 12.7 Å². The fraction of sp³-hybridized carbons (Fsp3) is 0.400. The molecule has 3 heteroatoms. The van der Waals surface area contributed by atoms with Gasteiger partial charge in [0, 0.05) is 0 Å². The lowest BCUT2D eigenvalue weighted by Crippen LogP contribution is -2.19. The van der Waals surface area contributed by atoms with Gasteiger partial charge in [-0.15, -0.1) is 0 Å². The lowest BCUT2D eigenvalue weighted by molar-refractivity contribution is 0.00995. The van der Waals surface area contributed by atoms with E-state index in [9.17, 15) is 0 Å². The number of ether oxygens (including phenoxy) is 1. The van der Waals surface area contributed by atoms with Gasteiger partial charge in [0.25, 0.3) is 0 Å². The normalized spacial score (nSPS) is 15.3. The second kappa shape index (κ2) is 5.22. The number of benzene rings is 1. The molecular formula is C10H13ClO2. The summed E-state index contributed by atoms with van der Waals surface area (Å²) in [5.41, 5.74) is 0.411. The quantitative estimate of drug-likeness (QED) is 0.755. The first-order valence-electron chi connectivity index (χ1n) is 4.18. The van der Waals surface area contributed by atoms with Crippen molar-refractivity contribution in [2.24, 2.45) is 0 Å². The fourth-order valence-corrected chi connectivity index (χ4v) is 0.952. The predicted molar refractivity (Wildman–Crippen MR) is 52.6 cm³/mol. The van der Waals surface area contributed by atoms with Gasteiger partial charge in [0.2, 0.25) is 0 Å². The maximum Gasteiger partial charge on any atom is 0.157 e. The first-order valence-corrected chi connectivity index (χ1v) is 4.61. The molecule has 1 aromatic carbocycles. The van der Waals surface area contributed by atoms with E-state index in [4.69, 9.17) is 21.4 Å². The molecule has 0 bridgehead atoms. The minimum Gasteiger partial charge on any atom is -0.389 e. The van der Waals surface area contributed by atoms with Gasteiger partial charge in [-0.05, 0) is 12.5 Å². The molecule has 0 amide bonds. The molecule has 2 atom stereocenters. The molecule has 0 aliphatic heterocycles. The second-order valence-corrected chi connectivity index (χ2v) is 3.32. The third kappa shape index (κ3) is 3.77. The van der Waals surface area contributed by atoms with E-state index in [1.165, 1.54) is 0 Å². The van der Waals surface area contributed by atoms with E-state index >= 15 is 0 Å². The van der Waals surface area contributed by atoms with Crippen LogP contribution < -0.4 is 0 Å². The zero-order valence-corrected chi connectivity index (χ0v) is 8.24. The highest BCUT2D eigenvalue weighted by Crippen LogP contribution is 2.08. The van der Waals surface area contributed by atoms with Crippen molar-refractivity contribution in [1.82, 2.24) is 0 Å². The van der Waals surface area contributed by atoms with Crippen molar-refractivity contribution in [3.8, 4) is 0 Å². The summed E-state index contributed by atoms with van der Waals surface area (Å²) in [6.07, 6.45) is -0.648. The van der Waals surface area contributed by atoms with Crippen LogP contribution in [0.15, 0.2) is 30.3 Å². The van der Waals surface area contributed by atoms with Crippen LogP contribution in [0.2, 0.25) is 0 Å². The van der Waals surface area contributed by atoms with E-state index in [1.54, 1.807) is 6.92 Å². The molecule has 0 aliphatic carbocycles. The SMILES string of the molecule is CC(O)C(Cl)OCc1ccccc1. The number of alkyl halides is 1. The Balaban J connectivity index is 2.35. The molecule has 1 aromatic rings. The number of hydrogen-bond acceptors (Lipinski definition) is 2. The highest BCUT2D eigenvalue weighted by Gasteiger charge is 2.10. The summed E-state index contributed by atoms with van der Waals surface area (Å²) in [6.45, 7) is 2.03. The maximum absolute atomic E-state index is 9.04. The van der Waals surface area contributed by atoms with Crippen molar-refractivity contribution in [2.75, 3.05) is 0 Å². The van der Waals surface area contributed by atoms with Gasteiger partial charge >= 0.3 is 0 Å². The van der Waals surface area contributed by atoms with Gasteiger partial charge in [0.1, 0.15) is 0 Å². The van der Waals surface area contributed by atoms with Crippen LogP contribution >= 0.6 is 11.6 Å². The van der Waals surface area contributed by atoms with E-state index in [1.807, 2.05) is 30.3 Å². The highest BCUT2D eigenvalue weighted by molar-refractivity contribution is 6.20. The van der Waals surface area contributed by atoms with Gasteiger partial charge in [-0.3, -0.25) is 0 Å². The molecule has 72 valence electrons. The summed E-state index contributed by atoms with van der Waals surface area (Å²) < 4.78 is 5.20. The summed E-state index contributed by atoms with van der Waals surface area (Å²) in [5.74, 6) is 0. The first kappa shape index (κ1) is 10.5. The average molecular weight is 201 g/mol. The van der Waals surface area contributed by atoms with Crippen molar-refractivity contribution in [3.63, 3.8) is 0 Å². The van der Waals surface area contributed by atoms with E-state index in [0.29, 0.717) is 6.61 Å². The number of aliphatic hydroxyl groups excluding tert-OH is 1. The molecule has 0 saturated carbocycles. The predicted octanol–water partition coefficient (Wildman–Crippen LogP) is 2.15. The molecule has 13 heavy (non-hydrogen) atoms. The van der Waals surface area contributed by atoms with Crippen LogP contribution in [-0.2, 0) is 11.3 Å². The van der Waals surface area contributed by atoms with Crippen LogP contribution in [-0.4, -0.2) is 16.8 Å². The Morgan fingerprint density at radius 2 is 2.00 bits per heavy atom. The molecule has 0 aromatic heterocycles. The van der Waals surface area contributed by atoms with E-state index < -0.39 is 11.7 Å². The van der Waals surface area contributed by atoms with E-state index in [-0.39, 0.29) is 0 Å². The molecule has 1 N–H and O–H groups in total. The standard InChI is InChI=1S/C10H13ClO2/c1-8(12)10(11)13-7-9-5-3-2-4-6-9/h2-6,8,10,12H,7H2,1H3.